The fourth-order valence-corrected chi connectivity index (χ4v) is 8.86. The van der Waals surface area contributed by atoms with Crippen molar-refractivity contribution in [1.29, 1.82) is 0 Å². The first-order valence-electron chi connectivity index (χ1n) is 15.7. The van der Waals surface area contributed by atoms with Gasteiger partial charge in [0.1, 0.15) is 18.3 Å². The molecule has 1 aliphatic heterocycles. The van der Waals surface area contributed by atoms with Crippen LogP contribution in [-0.2, 0) is 38.0 Å². The molecule has 0 spiro atoms. The van der Waals surface area contributed by atoms with E-state index in [0.29, 0.717) is 11.1 Å². The number of rotatable bonds is 9. The Balaban J connectivity index is 1.85. The molecule has 11 heteroatoms. The SMILES string of the molecule is C=C[C@@H](OC)O[C@H]1C[C@H]2OC[C@@]2(OC(C)=O)[C@H]2[C@H](OC(=O)c3ccccc3)C3(C(C)(C)O)C[C@H](O)C(C)=C3[C@H](OC(C)=O)C[C@]12C. The molecule has 46 heavy (non-hydrogen) atoms. The lowest BCUT2D eigenvalue weighted by molar-refractivity contribution is -0.352. The van der Waals surface area contributed by atoms with Gasteiger partial charge in [0.25, 0.3) is 0 Å². The van der Waals surface area contributed by atoms with Crippen molar-refractivity contribution in [2.75, 3.05) is 13.7 Å². The monoisotopic (exact) mass is 642 g/mol. The summed E-state index contributed by atoms with van der Waals surface area (Å²) in [4.78, 5) is 39.7. The molecule has 5 rings (SSSR count). The maximum absolute atomic E-state index is 14.1. The molecule has 3 aliphatic carbocycles. The van der Waals surface area contributed by atoms with Crippen LogP contribution in [0.2, 0.25) is 0 Å². The van der Waals surface area contributed by atoms with Crippen molar-refractivity contribution >= 4 is 17.9 Å². The minimum Gasteiger partial charge on any atom is -0.458 e. The van der Waals surface area contributed by atoms with Gasteiger partial charge in [0.05, 0.1) is 35.4 Å². The Kier molecular flexibility index (Phi) is 9.06. The summed E-state index contributed by atoms with van der Waals surface area (Å²) in [6, 6.07) is 8.45. The summed E-state index contributed by atoms with van der Waals surface area (Å²) in [6.45, 7) is 13.3. The molecule has 4 aliphatic rings. The predicted octanol–water partition coefficient (Wildman–Crippen LogP) is 3.66. The van der Waals surface area contributed by atoms with Crippen LogP contribution in [0, 0.1) is 16.7 Å². The number of hydrogen-bond acceptors (Lipinski definition) is 11. The van der Waals surface area contributed by atoms with Gasteiger partial charge >= 0.3 is 17.9 Å². The van der Waals surface area contributed by atoms with Crippen molar-refractivity contribution in [3.63, 3.8) is 0 Å². The van der Waals surface area contributed by atoms with Crippen LogP contribution in [0.1, 0.15) is 71.2 Å². The van der Waals surface area contributed by atoms with E-state index in [-0.39, 0.29) is 31.4 Å². The van der Waals surface area contributed by atoms with E-state index in [1.807, 2.05) is 6.92 Å². The molecule has 10 atom stereocenters. The molecule has 1 aromatic carbocycles. The van der Waals surface area contributed by atoms with Crippen molar-refractivity contribution < 1.29 is 53.0 Å². The van der Waals surface area contributed by atoms with Crippen molar-refractivity contribution in [3.05, 3.63) is 59.7 Å². The number of benzene rings is 1. The smallest absolute Gasteiger partial charge is 0.338 e. The third-order valence-electron chi connectivity index (χ3n) is 10.8. The van der Waals surface area contributed by atoms with Crippen LogP contribution in [-0.4, -0.2) is 89.8 Å². The molecule has 0 radical (unpaired) electrons. The summed E-state index contributed by atoms with van der Waals surface area (Å²) >= 11 is 0. The minimum absolute atomic E-state index is 0.000468. The highest BCUT2D eigenvalue weighted by Crippen LogP contribution is 2.68. The zero-order valence-electron chi connectivity index (χ0n) is 27.6. The highest BCUT2D eigenvalue weighted by molar-refractivity contribution is 5.89. The van der Waals surface area contributed by atoms with Gasteiger partial charge in [0.15, 0.2) is 11.9 Å². The lowest BCUT2D eigenvalue weighted by atomic mass is 9.50. The Morgan fingerprint density at radius 3 is 2.30 bits per heavy atom. The second-order valence-corrected chi connectivity index (χ2v) is 13.9. The maximum Gasteiger partial charge on any atom is 0.338 e. The fourth-order valence-electron chi connectivity index (χ4n) is 8.86. The van der Waals surface area contributed by atoms with E-state index in [0.717, 1.165) is 0 Å². The number of aliphatic hydroxyl groups is 2. The van der Waals surface area contributed by atoms with E-state index in [1.165, 1.54) is 27.0 Å². The molecule has 3 fully saturated rings. The average molecular weight is 643 g/mol. The van der Waals surface area contributed by atoms with Crippen LogP contribution in [0.3, 0.4) is 0 Å². The first-order valence-corrected chi connectivity index (χ1v) is 15.7. The summed E-state index contributed by atoms with van der Waals surface area (Å²) < 4.78 is 37.1. The number of methoxy groups -OCH3 is 1. The van der Waals surface area contributed by atoms with E-state index in [4.69, 9.17) is 28.4 Å². The maximum atomic E-state index is 14.1. The fraction of sp³-hybridized carbons (Fsp3) is 0.629. The third-order valence-corrected chi connectivity index (χ3v) is 10.8. The first kappa shape index (κ1) is 34.3. The summed E-state index contributed by atoms with van der Waals surface area (Å²) in [5.74, 6) is -2.67. The number of carbonyl (C=O) groups excluding carboxylic acids is 3. The molecular weight excluding hydrogens is 596 g/mol. The third kappa shape index (κ3) is 5.30. The number of carbonyl (C=O) groups is 3. The Morgan fingerprint density at radius 2 is 1.78 bits per heavy atom. The summed E-state index contributed by atoms with van der Waals surface area (Å²) in [5, 5.41) is 23.8. The number of fused-ring (bicyclic) bond motifs is 4. The lowest BCUT2D eigenvalue weighted by Crippen LogP contribution is -2.77. The second-order valence-electron chi connectivity index (χ2n) is 13.9. The van der Waals surface area contributed by atoms with Gasteiger partial charge in [-0.25, -0.2) is 4.79 Å². The molecule has 2 saturated carbocycles. The highest BCUT2D eigenvalue weighted by atomic mass is 16.7. The van der Waals surface area contributed by atoms with E-state index < -0.39 is 82.7 Å². The van der Waals surface area contributed by atoms with Crippen LogP contribution >= 0.6 is 0 Å². The Labute approximate surface area is 269 Å². The number of hydrogen-bond donors (Lipinski definition) is 2. The van der Waals surface area contributed by atoms with Crippen molar-refractivity contribution in [3.8, 4) is 0 Å². The number of aliphatic hydroxyl groups excluding tert-OH is 1. The lowest BCUT2D eigenvalue weighted by Gasteiger charge is -2.65. The molecule has 0 bridgehead atoms. The summed E-state index contributed by atoms with van der Waals surface area (Å²) in [6.07, 6.45) is -3.53. The summed E-state index contributed by atoms with van der Waals surface area (Å²) in [7, 11) is 1.49. The van der Waals surface area contributed by atoms with Gasteiger partial charge in [-0.2, -0.15) is 0 Å². The average Bonchev–Trinajstić information content (AvgIpc) is 3.20. The Bertz CT molecular complexity index is 1400. The highest BCUT2D eigenvalue weighted by Gasteiger charge is 2.77. The summed E-state index contributed by atoms with van der Waals surface area (Å²) in [5.41, 5.74) is -4.27. The topological polar surface area (TPSA) is 147 Å². The number of ether oxygens (including phenoxy) is 6. The van der Waals surface area contributed by atoms with Crippen LogP contribution in [0.5, 0.6) is 0 Å². The van der Waals surface area contributed by atoms with Gasteiger partial charge in [-0.05, 0) is 63.0 Å². The zero-order valence-corrected chi connectivity index (χ0v) is 27.6. The van der Waals surface area contributed by atoms with Crippen molar-refractivity contribution in [2.45, 2.75) is 109 Å². The normalized spacial score (nSPS) is 37.4. The molecule has 0 amide bonds. The molecule has 1 saturated heterocycles. The van der Waals surface area contributed by atoms with Gasteiger partial charge < -0.3 is 38.6 Å². The van der Waals surface area contributed by atoms with Crippen LogP contribution in [0.4, 0.5) is 0 Å². The van der Waals surface area contributed by atoms with Crippen molar-refractivity contribution in [2.24, 2.45) is 16.7 Å². The molecule has 1 aromatic rings. The Hall–Kier alpha value is -3.09. The zero-order chi connectivity index (χ0) is 33.8. The van der Waals surface area contributed by atoms with Crippen molar-refractivity contribution in [1.82, 2.24) is 0 Å². The molecule has 1 heterocycles. The molecule has 252 valence electrons. The Morgan fingerprint density at radius 1 is 1.11 bits per heavy atom. The van der Waals surface area contributed by atoms with Crippen LogP contribution < -0.4 is 0 Å². The molecule has 0 aromatic heterocycles. The van der Waals surface area contributed by atoms with E-state index in [9.17, 15) is 24.6 Å². The molecular formula is C35H46O11. The van der Waals surface area contributed by atoms with E-state index in [1.54, 1.807) is 51.1 Å². The quantitative estimate of drug-likeness (QED) is 0.176. The largest absolute Gasteiger partial charge is 0.458 e. The minimum atomic E-state index is -1.66. The van der Waals surface area contributed by atoms with Gasteiger partial charge in [-0.3, -0.25) is 9.59 Å². The first-order chi connectivity index (χ1) is 21.6. The van der Waals surface area contributed by atoms with Crippen LogP contribution in [0.15, 0.2) is 54.1 Å². The molecule has 11 nitrogen and oxygen atoms in total. The second kappa shape index (κ2) is 12.2. The number of esters is 3. The predicted molar refractivity (Wildman–Crippen MR) is 164 cm³/mol. The molecule has 1 unspecified atom stereocenters. The van der Waals surface area contributed by atoms with Gasteiger partial charge in [-0.1, -0.05) is 31.7 Å². The van der Waals surface area contributed by atoms with Gasteiger partial charge in [0, 0.05) is 38.7 Å². The van der Waals surface area contributed by atoms with E-state index in [2.05, 4.69) is 6.58 Å². The molecule has 2 N–H and O–H groups in total. The standard InChI is InChI=1S/C35H46O11/c1-9-27(41-8)44-25-15-26-35(18-42-26,46-21(4)37)29-30(45-31(39)22-13-11-10-12-14-22)34(32(5,6)40)16-23(38)19(2)28(34)24(43-20(3)36)17-33(25,29)7/h9-14,23-27,29-30,38,40H,1,15-18H2,2-8H3/t23-,24+,25-,26+,27-,29-,30-,33+,34?,35-/m0/s1. The van der Waals surface area contributed by atoms with Crippen LogP contribution in [0.25, 0.3) is 0 Å². The van der Waals surface area contributed by atoms with Gasteiger partial charge in [-0.15, -0.1) is 0 Å². The van der Waals surface area contributed by atoms with E-state index >= 15 is 0 Å². The van der Waals surface area contributed by atoms with Gasteiger partial charge in [0.2, 0.25) is 0 Å².